The third-order valence-corrected chi connectivity index (χ3v) is 7.28. The second kappa shape index (κ2) is 9.37. The van der Waals surface area contributed by atoms with Crippen LogP contribution >= 0.6 is 11.7 Å². The summed E-state index contributed by atoms with van der Waals surface area (Å²) in [7, 11) is -4.09. The molecular weight excluding hydrogens is 476 g/mol. The van der Waals surface area contributed by atoms with Gasteiger partial charge in [-0.25, -0.2) is 8.42 Å². The normalized spacial score (nSPS) is 16.2. The Hall–Kier alpha value is -3.54. The lowest BCUT2D eigenvalue weighted by atomic mass is 10.1. The molecule has 1 aromatic heterocycles. The molecule has 4 aromatic rings. The van der Waals surface area contributed by atoms with Crippen LogP contribution in [0.4, 0.5) is 0 Å². The number of hydrogen-bond donors (Lipinski definition) is 2. The SMILES string of the molecule is O=C(NC[C@@H]1COc2ccccc2O1)[C@H](NS(=O)(=O)c1cccc2nsnc12)c1ccccc1. The minimum Gasteiger partial charge on any atom is -0.486 e. The van der Waals surface area contributed by atoms with Gasteiger partial charge in [0, 0.05) is 0 Å². The van der Waals surface area contributed by atoms with Crippen molar-refractivity contribution in [2.45, 2.75) is 17.0 Å². The fourth-order valence-corrected chi connectivity index (χ4v) is 5.57. The van der Waals surface area contributed by atoms with Crippen LogP contribution in [0.3, 0.4) is 0 Å². The number of para-hydroxylation sites is 2. The maximum absolute atomic E-state index is 13.3. The van der Waals surface area contributed by atoms with Crippen LogP contribution in [0.15, 0.2) is 77.7 Å². The quantitative estimate of drug-likeness (QED) is 0.404. The second-order valence-corrected chi connectivity index (χ2v) is 9.81. The summed E-state index contributed by atoms with van der Waals surface area (Å²) in [5.74, 6) is 0.727. The molecule has 1 aliphatic rings. The zero-order chi connectivity index (χ0) is 23.5. The van der Waals surface area contributed by atoms with E-state index in [2.05, 4.69) is 18.8 Å². The third kappa shape index (κ3) is 4.58. The van der Waals surface area contributed by atoms with Crippen LogP contribution < -0.4 is 19.5 Å². The van der Waals surface area contributed by atoms with E-state index in [1.165, 1.54) is 6.07 Å². The standard InChI is InChI=1S/C23H20N4O5S2/c28-23(24-13-16-14-31-18-10-4-5-11-19(18)32-16)21(15-7-2-1-3-8-15)27-34(29,30)20-12-6-9-17-22(20)26-33-25-17/h1-12,16,21,27H,13-14H2,(H,24,28)/t16-,21-/m1/s1. The monoisotopic (exact) mass is 496 g/mol. The fourth-order valence-electron chi connectivity index (χ4n) is 3.62. The highest BCUT2D eigenvalue weighted by Gasteiger charge is 2.30. The Morgan fingerprint density at radius 3 is 2.59 bits per heavy atom. The smallest absolute Gasteiger partial charge is 0.243 e. The molecule has 5 rings (SSSR count). The summed E-state index contributed by atoms with van der Waals surface area (Å²) >= 11 is 0.927. The molecule has 174 valence electrons. The van der Waals surface area contributed by atoms with E-state index in [1.54, 1.807) is 48.5 Å². The number of carbonyl (C=O) groups is 1. The van der Waals surface area contributed by atoms with Gasteiger partial charge in [-0.15, -0.1) is 0 Å². The van der Waals surface area contributed by atoms with Gasteiger partial charge in [-0.05, 0) is 29.8 Å². The highest BCUT2D eigenvalue weighted by Crippen LogP contribution is 2.30. The average molecular weight is 497 g/mol. The molecule has 2 atom stereocenters. The van der Waals surface area contributed by atoms with Crippen molar-refractivity contribution in [2.75, 3.05) is 13.2 Å². The van der Waals surface area contributed by atoms with Gasteiger partial charge < -0.3 is 14.8 Å². The summed E-state index contributed by atoms with van der Waals surface area (Å²) in [6.45, 7) is 0.404. The van der Waals surface area contributed by atoms with Gasteiger partial charge in [-0.3, -0.25) is 4.79 Å². The van der Waals surface area contributed by atoms with Crippen molar-refractivity contribution < 1.29 is 22.7 Å². The van der Waals surface area contributed by atoms with Gasteiger partial charge in [0.15, 0.2) is 11.5 Å². The van der Waals surface area contributed by atoms with Crippen LogP contribution in [0.5, 0.6) is 11.5 Å². The number of carbonyl (C=O) groups excluding carboxylic acids is 1. The van der Waals surface area contributed by atoms with E-state index in [0.717, 1.165) is 11.7 Å². The molecule has 0 radical (unpaired) electrons. The molecule has 11 heteroatoms. The Balaban J connectivity index is 1.35. The van der Waals surface area contributed by atoms with Crippen LogP contribution in [0.25, 0.3) is 11.0 Å². The van der Waals surface area contributed by atoms with Crippen LogP contribution in [-0.4, -0.2) is 42.3 Å². The van der Waals surface area contributed by atoms with Gasteiger partial charge in [0.2, 0.25) is 15.9 Å². The molecule has 0 unspecified atom stereocenters. The Morgan fingerprint density at radius 2 is 1.76 bits per heavy atom. The molecule has 9 nitrogen and oxygen atoms in total. The van der Waals surface area contributed by atoms with Crippen LogP contribution in [0.2, 0.25) is 0 Å². The first-order chi connectivity index (χ1) is 16.5. The summed E-state index contributed by atoms with van der Waals surface area (Å²) in [5.41, 5.74) is 1.24. The van der Waals surface area contributed by atoms with Crippen molar-refractivity contribution in [3.63, 3.8) is 0 Å². The number of hydrogen-bond acceptors (Lipinski definition) is 8. The maximum Gasteiger partial charge on any atom is 0.243 e. The summed E-state index contributed by atoms with van der Waals surface area (Å²) < 4.78 is 48.9. The molecule has 3 aromatic carbocycles. The van der Waals surface area contributed by atoms with Gasteiger partial charge in [0.05, 0.1) is 18.3 Å². The van der Waals surface area contributed by atoms with Crippen molar-refractivity contribution in [1.82, 2.24) is 18.8 Å². The minimum absolute atomic E-state index is 0.0342. The highest BCUT2D eigenvalue weighted by atomic mass is 32.2. The van der Waals surface area contributed by atoms with Crippen molar-refractivity contribution in [1.29, 1.82) is 0 Å². The molecule has 0 spiro atoms. The predicted octanol–water partition coefficient (Wildman–Crippen LogP) is 2.67. The summed E-state index contributed by atoms with van der Waals surface area (Å²) in [4.78, 5) is 13.2. The van der Waals surface area contributed by atoms with Crippen molar-refractivity contribution in [3.8, 4) is 11.5 Å². The molecule has 1 amide bonds. The first kappa shape index (κ1) is 22.3. The van der Waals surface area contributed by atoms with Gasteiger partial charge in [0.25, 0.3) is 0 Å². The van der Waals surface area contributed by atoms with E-state index in [1.807, 2.05) is 18.2 Å². The van der Waals surface area contributed by atoms with Crippen molar-refractivity contribution in [2.24, 2.45) is 0 Å². The second-order valence-electron chi connectivity index (χ2n) is 7.60. The van der Waals surface area contributed by atoms with E-state index in [0.29, 0.717) is 22.6 Å². The molecule has 0 aliphatic carbocycles. The number of benzene rings is 3. The molecule has 1 aliphatic heterocycles. The van der Waals surface area contributed by atoms with Gasteiger partial charge in [0.1, 0.15) is 34.7 Å². The fraction of sp³-hybridized carbons (Fsp3) is 0.174. The number of fused-ring (bicyclic) bond motifs is 2. The summed E-state index contributed by atoms with van der Waals surface area (Å²) in [5, 5.41) is 2.79. The highest BCUT2D eigenvalue weighted by molar-refractivity contribution is 7.89. The third-order valence-electron chi connectivity index (χ3n) is 5.28. The predicted molar refractivity (Wildman–Crippen MR) is 126 cm³/mol. The number of amides is 1. The van der Waals surface area contributed by atoms with E-state index < -0.39 is 28.1 Å². The van der Waals surface area contributed by atoms with Gasteiger partial charge >= 0.3 is 0 Å². The topological polar surface area (TPSA) is 120 Å². The number of ether oxygens (including phenoxy) is 2. The Morgan fingerprint density at radius 1 is 1.00 bits per heavy atom. The van der Waals surface area contributed by atoms with Crippen LogP contribution in [0.1, 0.15) is 11.6 Å². The van der Waals surface area contributed by atoms with E-state index in [-0.39, 0.29) is 23.6 Å². The Labute approximate surface area is 200 Å². The molecule has 0 bridgehead atoms. The average Bonchev–Trinajstić information content (AvgIpc) is 3.35. The van der Waals surface area contributed by atoms with Gasteiger partial charge in [-0.2, -0.15) is 13.5 Å². The van der Waals surface area contributed by atoms with Gasteiger partial charge in [-0.1, -0.05) is 48.5 Å². The van der Waals surface area contributed by atoms with Crippen molar-refractivity contribution >= 4 is 38.7 Å². The molecule has 0 fully saturated rings. The zero-order valence-electron chi connectivity index (χ0n) is 17.7. The molecule has 0 saturated carbocycles. The molecule has 2 N–H and O–H groups in total. The van der Waals surface area contributed by atoms with Crippen molar-refractivity contribution in [3.05, 3.63) is 78.4 Å². The summed E-state index contributed by atoms with van der Waals surface area (Å²) in [6.07, 6.45) is -0.415. The minimum atomic E-state index is -4.09. The number of rotatable bonds is 7. The van der Waals surface area contributed by atoms with E-state index in [9.17, 15) is 13.2 Å². The molecule has 0 saturated heterocycles. The lowest BCUT2D eigenvalue weighted by molar-refractivity contribution is -0.123. The number of nitrogens with one attached hydrogen (secondary N) is 2. The molecule has 2 heterocycles. The number of aromatic nitrogens is 2. The number of nitrogens with zero attached hydrogens (tertiary/aromatic N) is 2. The Kier molecular flexibility index (Phi) is 6.14. The maximum atomic E-state index is 13.3. The largest absolute Gasteiger partial charge is 0.486 e. The van der Waals surface area contributed by atoms with E-state index >= 15 is 0 Å². The van der Waals surface area contributed by atoms with Crippen LogP contribution in [0, 0.1) is 0 Å². The Bertz CT molecular complexity index is 1430. The first-order valence-corrected chi connectivity index (χ1v) is 12.7. The summed E-state index contributed by atoms with van der Waals surface area (Å²) in [6, 6.07) is 19.5. The zero-order valence-corrected chi connectivity index (χ0v) is 19.4. The van der Waals surface area contributed by atoms with Crippen LogP contribution in [-0.2, 0) is 14.8 Å². The first-order valence-electron chi connectivity index (χ1n) is 10.5. The van der Waals surface area contributed by atoms with E-state index in [4.69, 9.17) is 9.47 Å². The molecular formula is C23H20N4O5S2. The lowest BCUT2D eigenvalue weighted by Gasteiger charge is -2.27. The molecule has 34 heavy (non-hydrogen) atoms. The lowest BCUT2D eigenvalue weighted by Crippen LogP contribution is -2.45. The number of sulfonamides is 1.